The first-order valence-corrected chi connectivity index (χ1v) is 3.79. The van der Waals surface area contributed by atoms with Crippen LogP contribution in [0.25, 0.3) is 0 Å². The second-order valence-electron chi connectivity index (χ2n) is 1.59. The molecular weight excluding hydrogens is 234 g/mol. The average molecular weight is 239 g/mol. The van der Waals surface area contributed by atoms with Gasteiger partial charge in [-0.2, -0.15) is 0 Å². The fourth-order valence-corrected chi connectivity index (χ4v) is 1.66. The summed E-state index contributed by atoms with van der Waals surface area (Å²) >= 11 is 6.65. The lowest BCUT2D eigenvalue weighted by atomic mass is 10.5. The van der Waals surface area contributed by atoms with Crippen LogP contribution < -0.4 is 0 Å². The number of hydrogen-bond donors (Lipinski definition) is 1. The number of halogens is 2. The monoisotopic (exact) mass is 237 g/mol. The zero-order valence-electron chi connectivity index (χ0n) is 4.33. The molecule has 0 saturated carbocycles. The number of aromatic nitrogens is 1. The van der Waals surface area contributed by atoms with Crippen molar-refractivity contribution < 1.29 is 0 Å². The lowest BCUT2D eigenvalue weighted by Gasteiger charge is -1.79. The Bertz CT molecular complexity index is 173. The van der Waals surface area contributed by atoms with Crippen LogP contribution in [0.1, 0.15) is 5.69 Å². The normalized spacial score (nSPS) is 9.88. The van der Waals surface area contributed by atoms with Gasteiger partial charge in [0, 0.05) is 10.2 Å². The highest BCUT2D eigenvalue weighted by Crippen LogP contribution is 2.19. The van der Waals surface area contributed by atoms with E-state index >= 15 is 0 Å². The van der Waals surface area contributed by atoms with Crippen LogP contribution in [0.5, 0.6) is 0 Å². The smallest absolute Gasteiger partial charge is 0.0833 e. The third kappa shape index (κ3) is 1.14. The molecule has 0 aliphatic carbocycles. The molecule has 1 rings (SSSR count). The van der Waals surface area contributed by atoms with Gasteiger partial charge in [0.25, 0.3) is 0 Å². The Kier molecular flexibility index (Phi) is 1.77. The van der Waals surface area contributed by atoms with E-state index in [-0.39, 0.29) is 0 Å². The topological polar surface area (TPSA) is 15.8 Å². The highest BCUT2D eigenvalue weighted by atomic mass is 79.9. The first-order chi connectivity index (χ1) is 3.70. The molecule has 0 radical (unpaired) electrons. The van der Waals surface area contributed by atoms with E-state index in [0.717, 1.165) is 14.8 Å². The molecule has 0 aliphatic heterocycles. The summed E-state index contributed by atoms with van der Waals surface area (Å²) < 4.78 is 2.13. The van der Waals surface area contributed by atoms with Crippen molar-refractivity contribution in [3.63, 3.8) is 0 Å². The van der Waals surface area contributed by atoms with E-state index in [4.69, 9.17) is 0 Å². The number of aryl methyl sites for hydroxylation is 1. The third-order valence-electron chi connectivity index (χ3n) is 0.919. The summed E-state index contributed by atoms with van der Waals surface area (Å²) in [6.07, 6.45) is 0. The Morgan fingerprint density at radius 3 is 2.25 bits per heavy atom. The van der Waals surface area contributed by atoms with Crippen LogP contribution in [0.4, 0.5) is 0 Å². The average Bonchev–Trinajstić information content (AvgIpc) is 1.85. The predicted molar refractivity (Wildman–Crippen MR) is 40.9 cm³/mol. The minimum absolute atomic E-state index is 1.02. The van der Waals surface area contributed by atoms with Crippen LogP contribution in [-0.4, -0.2) is 4.98 Å². The minimum Gasteiger partial charge on any atom is -0.352 e. The zero-order chi connectivity index (χ0) is 6.15. The molecule has 1 heterocycles. The van der Waals surface area contributed by atoms with E-state index in [9.17, 15) is 0 Å². The Morgan fingerprint density at radius 2 is 2.12 bits per heavy atom. The van der Waals surface area contributed by atoms with Crippen LogP contribution in [0.2, 0.25) is 0 Å². The fourth-order valence-electron chi connectivity index (χ4n) is 0.494. The van der Waals surface area contributed by atoms with Gasteiger partial charge < -0.3 is 4.98 Å². The van der Waals surface area contributed by atoms with Gasteiger partial charge in [-0.15, -0.1) is 0 Å². The fraction of sp³-hybridized carbons (Fsp3) is 0.200. The second-order valence-corrected chi connectivity index (χ2v) is 3.30. The predicted octanol–water partition coefficient (Wildman–Crippen LogP) is 2.85. The minimum atomic E-state index is 1.02. The van der Waals surface area contributed by atoms with Gasteiger partial charge in [-0.25, -0.2) is 0 Å². The van der Waals surface area contributed by atoms with Crippen molar-refractivity contribution in [1.29, 1.82) is 0 Å². The maximum Gasteiger partial charge on any atom is 0.0833 e. The summed E-state index contributed by atoms with van der Waals surface area (Å²) in [5.41, 5.74) is 1.15. The van der Waals surface area contributed by atoms with Crippen LogP contribution in [-0.2, 0) is 0 Å². The maximum atomic E-state index is 3.35. The lowest BCUT2D eigenvalue weighted by Crippen LogP contribution is -1.66. The molecule has 0 saturated heterocycles. The summed E-state index contributed by atoms with van der Waals surface area (Å²) in [4.78, 5) is 3.08. The molecule has 1 N–H and O–H groups in total. The SMILES string of the molecule is Cc1[nH]c(Br)cc1Br. The van der Waals surface area contributed by atoms with E-state index in [1.807, 2.05) is 13.0 Å². The highest BCUT2D eigenvalue weighted by Gasteiger charge is 1.95. The number of rotatable bonds is 0. The zero-order valence-corrected chi connectivity index (χ0v) is 7.51. The molecule has 1 nitrogen and oxygen atoms in total. The third-order valence-corrected chi connectivity index (χ3v) is 2.17. The molecule has 8 heavy (non-hydrogen) atoms. The standard InChI is InChI=1S/C5H5Br2N/c1-3-4(6)2-5(7)8-3/h2,8H,1H3. The van der Waals surface area contributed by atoms with Crippen molar-refractivity contribution in [2.24, 2.45) is 0 Å². The first kappa shape index (κ1) is 6.36. The molecule has 0 aromatic carbocycles. The Morgan fingerprint density at radius 1 is 1.50 bits per heavy atom. The summed E-state index contributed by atoms with van der Waals surface area (Å²) in [6, 6.07) is 1.98. The van der Waals surface area contributed by atoms with E-state index < -0.39 is 0 Å². The molecule has 0 spiro atoms. The largest absolute Gasteiger partial charge is 0.352 e. The number of H-pyrrole nitrogens is 1. The molecule has 0 aliphatic rings. The van der Waals surface area contributed by atoms with Crippen molar-refractivity contribution >= 4 is 31.9 Å². The van der Waals surface area contributed by atoms with Gasteiger partial charge in [0.2, 0.25) is 0 Å². The van der Waals surface area contributed by atoms with Crippen molar-refractivity contribution in [3.05, 3.63) is 20.8 Å². The van der Waals surface area contributed by atoms with Crippen molar-refractivity contribution in [3.8, 4) is 0 Å². The van der Waals surface area contributed by atoms with Crippen LogP contribution in [0, 0.1) is 6.92 Å². The van der Waals surface area contributed by atoms with Crippen molar-refractivity contribution in [2.45, 2.75) is 6.92 Å². The summed E-state index contributed by atoms with van der Waals surface area (Å²) in [6.45, 7) is 2.01. The van der Waals surface area contributed by atoms with Gasteiger partial charge in [0.05, 0.1) is 4.60 Å². The molecule has 1 aromatic rings. The van der Waals surface area contributed by atoms with E-state index in [0.29, 0.717) is 0 Å². The van der Waals surface area contributed by atoms with Gasteiger partial charge in [0.15, 0.2) is 0 Å². The maximum absolute atomic E-state index is 3.35. The lowest BCUT2D eigenvalue weighted by molar-refractivity contribution is 1.23. The molecule has 0 amide bonds. The van der Waals surface area contributed by atoms with Crippen LogP contribution in [0.15, 0.2) is 15.1 Å². The van der Waals surface area contributed by atoms with Gasteiger partial charge in [0.1, 0.15) is 0 Å². The number of aromatic amines is 1. The Hall–Kier alpha value is 0.240. The Labute approximate surface area is 64.7 Å². The molecule has 0 unspecified atom stereocenters. The summed E-state index contributed by atoms with van der Waals surface area (Å²) in [5, 5.41) is 0. The van der Waals surface area contributed by atoms with E-state index in [1.165, 1.54) is 0 Å². The molecule has 0 fully saturated rings. The van der Waals surface area contributed by atoms with Crippen molar-refractivity contribution in [2.75, 3.05) is 0 Å². The van der Waals surface area contributed by atoms with Gasteiger partial charge in [-0.05, 0) is 44.8 Å². The molecule has 1 aromatic heterocycles. The summed E-state index contributed by atoms with van der Waals surface area (Å²) in [5.74, 6) is 0. The molecular formula is C5H5Br2N. The Balaban J connectivity index is 3.14. The van der Waals surface area contributed by atoms with Gasteiger partial charge in [-0.3, -0.25) is 0 Å². The van der Waals surface area contributed by atoms with Crippen LogP contribution >= 0.6 is 31.9 Å². The van der Waals surface area contributed by atoms with Gasteiger partial charge >= 0.3 is 0 Å². The number of hydrogen-bond acceptors (Lipinski definition) is 0. The second kappa shape index (κ2) is 2.23. The quantitative estimate of drug-likeness (QED) is 0.716. The summed E-state index contributed by atoms with van der Waals surface area (Å²) in [7, 11) is 0. The highest BCUT2D eigenvalue weighted by molar-refractivity contribution is 9.11. The van der Waals surface area contributed by atoms with Crippen LogP contribution in [0.3, 0.4) is 0 Å². The first-order valence-electron chi connectivity index (χ1n) is 2.21. The molecule has 3 heteroatoms. The molecule has 0 bridgehead atoms. The van der Waals surface area contributed by atoms with E-state index in [2.05, 4.69) is 36.8 Å². The van der Waals surface area contributed by atoms with Crippen molar-refractivity contribution in [1.82, 2.24) is 4.98 Å². The molecule has 0 atom stereocenters. The number of nitrogens with one attached hydrogen (secondary N) is 1. The van der Waals surface area contributed by atoms with E-state index in [1.54, 1.807) is 0 Å². The van der Waals surface area contributed by atoms with Gasteiger partial charge in [-0.1, -0.05) is 0 Å². The molecule has 44 valence electrons.